The average Bonchev–Trinajstić information content (AvgIpc) is 1.81. The fourth-order valence-electron chi connectivity index (χ4n) is 0.494. The van der Waals surface area contributed by atoms with Gasteiger partial charge in [-0.2, -0.15) is 0 Å². The van der Waals surface area contributed by atoms with Crippen LogP contribution in [-0.4, -0.2) is 18.4 Å². The van der Waals surface area contributed by atoms with Gasteiger partial charge < -0.3 is 5.32 Å². The second-order valence-corrected chi connectivity index (χ2v) is 2.59. The molecule has 0 bridgehead atoms. The van der Waals surface area contributed by atoms with Crippen molar-refractivity contribution in [3.8, 4) is 0 Å². The van der Waals surface area contributed by atoms with Crippen molar-refractivity contribution in [3.63, 3.8) is 0 Å². The van der Waals surface area contributed by atoms with E-state index < -0.39 is 0 Å². The SMILES string of the molecule is Br.CCCNCCCBr. The average molecular weight is 261 g/mol. The van der Waals surface area contributed by atoms with Crippen LogP contribution in [0.25, 0.3) is 0 Å². The Bertz CT molecular complexity index is 36.0. The molecule has 0 spiro atoms. The summed E-state index contributed by atoms with van der Waals surface area (Å²) in [6.07, 6.45) is 2.47. The van der Waals surface area contributed by atoms with Gasteiger partial charge in [0.1, 0.15) is 0 Å². The molecule has 0 aromatic rings. The summed E-state index contributed by atoms with van der Waals surface area (Å²) in [7, 11) is 0. The summed E-state index contributed by atoms with van der Waals surface area (Å²) >= 11 is 3.36. The zero-order valence-corrected chi connectivity index (χ0v) is 9.12. The van der Waals surface area contributed by atoms with Crippen LogP contribution in [0.2, 0.25) is 0 Å². The fraction of sp³-hybridized carbons (Fsp3) is 1.00. The lowest BCUT2D eigenvalue weighted by Crippen LogP contribution is -2.15. The minimum absolute atomic E-state index is 0. The van der Waals surface area contributed by atoms with Crippen LogP contribution < -0.4 is 5.32 Å². The number of nitrogens with one attached hydrogen (secondary N) is 1. The monoisotopic (exact) mass is 259 g/mol. The summed E-state index contributed by atoms with van der Waals surface area (Å²) in [5, 5.41) is 4.42. The van der Waals surface area contributed by atoms with Gasteiger partial charge in [0.15, 0.2) is 0 Å². The third kappa shape index (κ3) is 12.2. The summed E-state index contributed by atoms with van der Waals surface area (Å²) in [4.78, 5) is 0. The maximum atomic E-state index is 3.36. The van der Waals surface area contributed by atoms with E-state index in [4.69, 9.17) is 0 Å². The normalized spacial score (nSPS) is 8.67. The molecule has 9 heavy (non-hydrogen) atoms. The molecule has 0 saturated carbocycles. The largest absolute Gasteiger partial charge is 0.317 e. The Hall–Kier alpha value is 0.920. The van der Waals surface area contributed by atoms with E-state index in [9.17, 15) is 0 Å². The topological polar surface area (TPSA) is 12.0 Å². The van der Waals surface area contributed by atoms with Crippen molar-refractivity contribution in [2.45, 2.75) is 19.8 Å². The summed E-state index contributed by atoms with van der Waals surface area (Å²) in [6.45, 7) is 4.49. The Balaban J connectivity index is 0. The highest BCUT2D eigenvalue weighted by Crippen LogP contribution is 1.83. The number of alkyl halides is 1. The molecule has 0 saturated heterocycles. The molecule has 58 valence electrons. The maximum absolute atomic E-state index is 3.36. The molecule has 1 nitrogen and oxygen atoms in total. The number of hydrogen-bond acceptors (Lipinski definition) is 1. The molecule has 0 aromatic heterocycles. The first kappa shape index (κ1) is 12.6. The van der Waals surface area contributed by atoms with Crippen LogP contribution >= 0.6 is 32.9 Å². The number of hydrogen-bond donors (Lipinski definition) is 1. The van der Waals surface area contributed by atoms with Gasteiger partial charge in [-0.15, -0.1) is 17.0 Å². The van der Waals surface area contributed by atoms with E-state index in [-0.39, 0.29) is 17.0 Å². The second kappa shape index (κ2) is 11.7. The molecule has 0 aliphatic carbocycles. The van der Waals surface area contributed by atoms with Crippen LogP contribution in [0.15, 0.2) is 0 Å². The van der Waals surface area contributed by atoms with Gasteiger partial charge in [0, 0.05) is 5.33 Å². The van der Waals surface area contributed by atoms with Crippen molar-refractivity contribution in [1.82, 2.24) is 5.32 Å². The molecule has 0 fully saturated rings. The predicted molar refractivity (Wildman–Crippen MR) is 51.9 cm³/mol. The molecule has 0 aromatic carbocycles. The molecule has 0 aliphatic rings. The summed E-state index contributed by atoms with van der Waals surface area (Å²) < 4.78 is 0. The van der Waals surface area contributed by atoms with E-state index in [1.807, 2.05) is 0 Å². The van der Waals surface area contributed by atoms with Crippen molar-refractivity contribution in [1.29, 1.82) is 0 Å². The van der Waals surface area contributed by atoms with Gasteiger partial charge >= 0.3 is 0 Å². The van der Waals surface area contributed by atoms with Gasteiger partial charge in [-0.3, -0.25) is 0 Å². The molecule has 0 radical (unpaired) electrons. The maximum Gasteiger partial charge on any atom is 0.00433 e. The Labute approximate surface area is 76.5 Å². The third-order valence-electron chi connectivity index (χ3n) is 0.914. The molecule has 0 atom stereocenters. The highest BCUT2D eigenvalue weighted by molar-refractivity contribution is 9.09. The predicted octanol–water partition coefficient (Wildman–Crippen LogP) is 2.35. The van der Waals surface area contributed by atoms with Crippen molar-refractivity contribution >= 4 is 32.9 Å². The fourth-order valence-corrected chi connectivity index (χ4v) is 0.774. The van der Waals surface area contributed by atoms with Crippen molar-refractivity contribution < 1.29 is 0 Å². The van der Waals surface area contributed by atoms with Gasteiger partial charge in [-0.1, -0.05) is 22.9 Å². The van der Waals surface area contributed by atoms with Crippen LogP contribution in [-0.2, 0) is 0 Å². The van der Waals surface area contributed by atoms with Gasteiger partial charge in [-0.25, -0.2) is 0 Å². The molecular formula is C6H15Br2N. The van der Waals surface area contributed by atoms with Crippen LogP contribution in [0.3, 0.4) is 0 Å². The summed E-state index contributed by atoms with van der Waals surface area (Å²) in [5.74, 6) is 0. The van der Waals surface area contributed by atoms with E-state index in [1.54, 1.807) is 0 Å². The van der Waals surface area contributed by atoms with Crippen molar-refractivity contribution in [3.05, 3.63) is 0 Å². The Morgan fingerprint density at radius 2 is 2.00 bits per heavy atom. The van der Waals surface area contributed by atoms with E-state index >= 15 is 0 Å². The molecule has 0 aliphatic heterocycles. The third-order valence-corrected chi connectivity index (χ3v) is 1.47. The van der Waals surface area contributed by atoms with E-state index in [1.165, 1.54) is 12.8 Å². The standard InChI is InChI=1S/C6H14BrN.BrH/c1-2-5-8-6-3-4-7;/h8H,2-6H2,1H3;1H. The quantitative estimate of drug-likeness (QED) is 0.591. The van der Waals surface area contributed by atoms with Gasteiger partial charge in [0.05, 0.1) is 0 Å². The first-order valence-corrected chi connectivity index (χ1v) is 4.30. The molecule has 3 heteroatoms. The van der Waals surface area contributed by atoms with Gasteiger partial charge in [0.25, 0.3) is 0 Å². The zero-order valence-electron chi connectivity index (χ0n) is 5.82. The highest BCUT2D eigenvalue weighted by atomic mass is 79.9. The molecule has 0 amide bonds. The lowest BCUT2D eigenvalue weighted by atomic mass is 10.4. The lowest BCUT2D eigenvalue weighted by molar-refractivity contribution is 0.666. The first-order valence-electron chi connectivity index (χ1n) is 3.18. The van der Waals surface area contributed by atoms with Gasteiger partial charge in [0.2, 0.25) is 0 Å². The van der Waals surface area contributed by atoms with Crippen molar-refractivity contribution in [2.75, 3.05) is 18.4 Å². The van der Waals surface area contributed by atoms with Crippen LogP contribution in [0, 0.1) is 0 Å². The Morgan fingerprint density at radius 3 is 2.44 bits per heavy atom. The minimum atomic E-state index is 0. The number of halogens is 2. The van der Waals surface area contributed by atoms with Crippen LogP contribution in [0.5, 0.6) is 0 Å². The second-order valence-electron chi connectivity index (χ2n) is 1.79. The minimum Gasteiger partial charge on any atom is -0.317 e. The van der Waals surface area contributed by atoms with Gasteiger partial charge in [-0.05, 0) is 25.9 Å². The van der Waals surface area contributed by atoms with Crippen LogP contribution in [0.4, 0.5) is 0 Å². The Kier molecular flexibility index (Phi) is 16.3. The highest BCUT2D eigenvalue weighted by Gasteiger charge is 1.81. The Morgan fingerprint density at radius 1 is 1.33 bits per heavy atom. The summed E-state index contributed by atoms with van der Waals surface area (Å²) in [6, 6.07) is 0. The van der Waals surface area contributed by atoms with E-state index in [0.717, 1.165) is 18.4 Å². The molecular weight excluding hydrogens is 246 g/mol. The molecule has 0 rings (SSSR count). The van der Waals surface area contributed by atoms with Crippen LogP contribution in [0.1, 0.15) is 19.8 Å². The first-order chi connectivity index (χ1) is 3.91. The molecule has 0 unspecified atom stereocenters. The zero-order chi connectivity index (χ0) is 6.24. The summed E-state index contributed by atoms with van der Waals surface area (Å²) in [5.41, 5.74) is 0. The lowest BCUT2D eigenvalue weighted by Gasteiger charge is -1.97. The van der Waals surface area contributed by atoms with Crippen molar-refractivity contribution in [2.24, 2.45) is 0 Å². The smallest absolute Gasteiger partial charge is 0.00433 e. The van der Waals surface area contributed by atoms with E-state index in [0.29, 0.717) is 0 Å². The molecule has 0 heterocycles. The number of rotatable bonds is 5. The van der Waals surface area contributed by atoms with E-state index in [2.05, 4.69) is 28.2 Å². The molecule has 1 N–H and O–H groups in total.